The van der Waals surface area contributed by atoms with Gasteiger partial charge in [0.25, 0.3) is 5.91 Å². The van der Waals surface area contributed by atoms with E-state index in [4.69, 9.17) is 4.74 Å². The van der Waals surface area contributed by atoms with Crippen molar-refractivity contribution in [3.63, 3.8) is 0 Å². The van der Waals surface area contributed by atoms with Crippen molar-refractivity contribution in [2.75, 3.05) is 18.1 Å². The molecule has 7 heteroatoms. The van der Waals surface area contributed by atoms with Gasteiger partial charge in [-0.1, -0.05) is 62.2 Å². The fraction of sp³-hybridized carbons (Fsp3) is 0.400. The van der Waals surface area contributed by atoms with E-state index in [0.29, 0.717) is 24.5 Å². The van der Waals surface area contributed by atoms with E-state index in [1.54, 1.807) is 4.90 Å². The molecule has 3 aliphatic rings. The van der Waals surface area contributed by atoms with Gasteiger partial charge in [0.15, 0.2) is 0 Å². The molecule has 2 aliphatic heterocycles. The molecule has 1 saturated heterocycles. The second kappa shape index (κ2) is 7.97. The molecule has 1 saturated carbocycles. The maximum Gasteiger partial charge on any atom is 0.325 e. The quantitative estimate of drug-likeness (QED) is 0.750. The van der Waals surface area contributed by atoms with Crippen molar-refractivity contribution in [1.29, 1.82) is 0 Å². The van der Waals surface area contributed by atoms with Gasteiger partial charge in [0.1, 0.15) is 24.4 Å². The summed E-state index contributed by atoms with van der Waals surface area (Å²) in [5, 5.41) is 2.93. The van der Waals surface area contributed by atoms with Gasteiger partial charge in [0, 0.05) is 0 Å². The van der Waals surface area contributed by atoms with Gasteiger partial charge >= 0.3 is 6.03 Å². The number of hydrogen-bond donors (Lipinski definition) is 1. The molecule has 7 nitrogen and oxygen atoms in total. The zero-order valence-corrected chi connectivity index (χ0v) is 18.1. The van der Waals surface area contributed by atoms with Crippen LogP contribution in [0.4, 0.5) is 10.5 Å². The molecule has 2 fully saturated rings. The summed E-state index contributed by atoms with van der Waals surface area (Å²) in [4.78, 5) is 42.6. The second-order valence-electron chi connectivity index (χ2n) is 8.91. The lowest BCUT2D eigenvalue weighted by Crippen LogP contribution is -2.54. The molecule has 2 heterocycles. The van der Waals surface area contributed by atoms with Crippen molar-refractivity contribution >= 4 is 23.5 Å². The fourth-order valence-corrected chi connectivity index (χ4v) is 5.27. The summed E-state index contributed by atoms with van der Waals surface area (Å²) in [6, 6.07) is 16.2. The maximum atomic E-state index is 13.6. The summed E-state index contributed by atoms with van der Waals surface area (Å²) in [6.45, 7) is 2.01. The van der Waals surface area contributed by atoms with E-state index in [9.17, 15) is 14.4 Å². The number of para-hydroxylation sites is 2. The molecule has 1 spiro atoms. The number of benzene rings is 2. The third-order valence-corrected chi connectivity index (χ3v) is 7.08. The highest BCUT2D eigenvalue weighted by Crippen LogP contribution is 2.41. The number of nitrogens with one attached hydrogen (secondary N) is 1. The highest BCUT2D eigenvalue weighted by atomic mass is 16.5. The first-order valence-corrected chi connectivity index (χ1v) is 11.2. The Balaban J connectivity index is 1.45. The van der Waals surface area contributed by atoms with Crippen LogP contribution in [0, 0.1) is 5.92 Å². The van der Waals surface area contributed by atoms with Gasteiger partial charge in [-0.3, -0.25) is 19.4 Å². The van der Waals surface area contributed by atoms with Crippen LogP contribution in [0.2, 0.25) is 0 Å². The molecule has 4 amide bonds. The predicted octanol–water partition coefficient (Wildman–Crippen LogP) is 3.65. The average molecular weight is 434 g/mol. The highest BCUT2D eigenvalue weighted by Gasteiger charge is 2.55. The minimum Gasteiger partial charge on any atom is -0.489 e. The van der Waals surface area contributed by atoms with Gasteiger partial charge in [-0.15, -0.1) is 0 Å². The van der Waals surface area contributed by atoms with Gasteiger partial charge in [-0.2, -0.15) is 0 Å². The standard InChI is InChI=1S/C25H27N3O4/c1-17-9-7-8-14-25(17)23(30)27(24(31)26-25)15-22(29)28-19-12-5-6-13-21(19)32-16-20(28)18-10-3-2-4-11-18/h2-6,10-13,17,20H,7-9,14-16H2,1H3,(H,26,31)/t17-,20-,25+/m1/s1. The average Bonchev–Trinajstić information content (AvgIpc) is 3.05. The van der Waals surface area contributed by atoms with E-state index in [-0.39, 0.29) is 30.3 Å². The van der Waals surface area contributed by atoms with Crippen LogP contribution in [0.3, 0.4) is 0 Å². The number of carbonyl (C=O) groups is 3. The number of fused-ring (bicyclic) bond motifs is 1. The maximum absolute atomic E-state index is 13.6. The molecule has 1 aliphatic carbocycles. The van der Waals surface area contributed by atoms with E-state index in [1.807, 2.05) is 61.5 Å². The number of anilines is 1. The SMILES string of the molecule is C[C@@H]1CCCC[C@]12NC(=O)N(CC(=O)N1c3ccccc3OC[C@@H]1c1ccccc1)C2=O. The Morgan fingerprint density at radius 3 is 2.62 bits per heavy atom. The Kier molecular flexibility index (Phi) is 5.12. The third kappa shape index (κ3) is 3.23. The van der Waals surface area contributed by atoms with Crippen LogP contribution in [0.5, 0.6) is 5.75 Å². The zero-order chi connectivity index (χ0) is 22.3. The zero-order valence-electron chi connectivity index (χ0n) is 18.1. The number of rotatable bonds is 3. The number of carbonyl (C=O) groups excluding carboxylic acids is 3. The van der Waals surface area contributed by atoms with Crippen molar-refractivity contribution in [1.82, 2.24) is 10.2 Å². The molecule has 0 radical (unpaired) electrons. The van der Waals surface area contributed by atoms with Crippen LogP contribution >= 0.6 is 0 Å². The summed E-state index contributed by atoms with van der Waals surface area (Å²) in [7, 11) is 0. The van der Waals surface area contributed by atoms with Crippen LogP contribution in [0.25, 0.3) is 0 Å². The summed E-state index contributed by atoms with van der Waals surface area (Å²) < 4.78 is 5.93. The summed E-state index contributed by atoms with van der Waals surface area (Å²) in [5.74, 6) is 0.0797. The minimum absolute atomic E-state index is 0.0500. The Labute approximate surface area is 187 Å². The van der Waals surface area contributed by atoms with Crippen LogP contribution in [-0.2, 0) is 9.59 Å². The molecular weight excluding hydrogens is 406 g/mol. The molecule has 2 aromatic carbocycles. The lowest BCUT2D eigenvalue weighted by Gasteiger charge is -2.38. The molecular formula is C25H27N3O4. The molecule has 0 unspecified atom stereocenters. The van der Waals surface area contributed by atoms with Gasteiger partial charge in [-0.05, 0) is 36.5 Å². The Bertz CT molecular complexity index is 1060. The van der Waals surface area contributed by atoms with Crippen LogP contribution in [-0.4, -0.2) is 41.4 Å². The second-order valence-corrected chi connectivity index (χ2v) is 8.91. The van der Waals surface area contributed by atoms with Crippen LogP contribution in [0.15, 0.2) is 54.6 Å². The van der Waals surface area contributed by atoms with Crippen molar-refractivity contribution < 1.29 is 19.1 Å². The first kappa shape index (κ1) is 20.5. The smallest absolute Gasteiger partial charge is 0.325 e. The van der Waals surface area contributed by atoms with Gasteiger partial charge in [0.2, 0.25) is 5.91 Å². The highest BCUT2D eigenvalue weighted by molar-refractivity contribution is 6.11. The van der Waals surface area contributed by atoms with Gasteiger partial charge < -0.3 is 10.1 Å². The molecule has 1 N–H and O–H groups in total. The van der Waals surface area contributed by atoms with Crippen molar-refractivity contribution in [3.05, 3.63) is 60.2 Å². The summed E-state index contributed by atoms with van der Waals surface area (Å²) in [5.41, 5.74) is 0.701. The van der Waals surface area contributed by atoms with E-state index in [1.165, 1.54) is 0 Å². The lowest BCUT2D eigenvalue weighted by atomic mass is 9.73. The van der Waals surface area contributed by atoms with Crippen LogP contribution < -0.4 is 15.0 Å². The Hall–Kier alpha value is -3.35. The Morgan fingerprint density at radius 1 is 1.09 bits per heavy atom. The number of ether oxygens (including phenoxy) is 1. The van der Waals surface area contributed by atoms with E-state index in [0.717, 1.165) is 29.7 Å². The molecule has 166 valence electrons. The number of hydrogen-bond acceptors (Lipinski definition) is 4. The first-order valence-electron chi connectivity index (χ1n) is 11.2. The number of amides is 4. The molecule has 5 rings (SSSR count). The van der Waals surface area contributed by atoms with Crippen molar-refractivity contribution in [2.45, 2.75) is 44.2 Å². The van der Waals surface area contributed by atoms with Crippen molar-refractivity contribution in [2.24, 2.45) is 5.92 Å². The topological polar surface area (TPSA) is 79.0 Å². The minimum atomic E-state index is -0.878. The molecule has 3 atom stereocenters. The monoisotopic (exact) mass is 433 g/mol. The normalized spacial score (nSPS) is 27.2. The molecule has 32 heavy (non-hydrogen) atoms. The predicted molar refractivity (Wildman–Crippen MR) is 119 cm³/mol. The van der Waals surface area contributed by atoms with Gasteiger partial charge in [-0.25, -0.2) is 4.79 Å². The Morgan fingerprint density at radius 2 is 1.84 bits per heavy atom. The first-order chi connectivity index (χ1) is 15.5. The van der Waals surface area contributed by atoms with E-state index in [2.05, 4.69) is 5.32 Å². The summed E-state index contributed by atoms with van der Waals surface area (Å²) >= 11 is 0. The third-order valence-electron chi connectivity index (χ3n) is 7.08. The summed E-state index contributed by atoms with van der Waals surface area (Å²) in [6.07, 6.45) is 3.45. The van der Waals surface area contributed by atoms with Crippen LogP contribution in [0.1, 0.15) is 44.2 Å². The molecule has 2 aromatic rings. The number of urea groups is 1. The number of imide groups is 1. The van der Waals surface area contributed by atoms with Crippen molar-refractivity contribution in [3.8, 4) is 5.75 Å². The lowest BCUT2D eigenvalue weighted by molar-refractivity contribution is -0.137. The van der Waals surface area contributed by atoms with E-state index < -0.39 is 11.6 Å². The largest absolute Gasteiger partial charge is 0.489 e. The van der Waals surface area contributed by atoms with E-state index >= 15 is 0 Å². The molecule has 0 aromatic heterocycles. The number of nitrogens with zero attached hydrogens (tertiary/aromatic N) is 2. The van der Waals surface area contributed by atoms with Gasteiger partial charge in [0.05, 0.1) is 11.7 Å². The molecule has 0 bridgehead atoms. The fourth-order valence-electron chi connectivity index (χ4n) is 5.27.